The third kappa shape index (κ3) is 4.09. The van der Waals surface area contributed by atoms with Crippen molar-refractivity contribution in [3.05, 3.63) is 51.0 Å². The largest absolute Gasteiger partial charge is 0.352 e. The SMILES string of the molecule is CCc1ccc(CN2CCc3c(C(=O)NC[C@H]4CC4(C)C)csc3C2)nc1. The fraction of sp³-hybridized carbons (Fsp3) is 0.545. The molecule has 4 rings (SSSR count). The number of fused-ring (bicyclic) bond motifs is 1. The maximum absolute atomic E-state index is 12.6. The Morgan fingerprint density at radius 2 is 2.22 bits per heavy atom. The highest BCUT2D eigenvalue weighted by Gasteiger charge is 2.45. The van der Waals surface area contributed by atoms with E-state index in [0.29, 0.717) is 11.3 Å². The second kappa shape index (κ2) is 7.36. The second-order valence-electron chi connectivity index (χ2n) is 8.62. The molecule has 0 aromatic carbocycles. The molecule has 0 saturated heterocycles. The topological polar surface area (TPSA) is 45.2 Å². The summed E-state index contributed by atoms with van der Waals surface area (Å²) in [7, 11) is 0. The van der Waals surface area contributed by atoms with Crippen molar-refractivity contribution in [2.45, 2.75) is 53.1 Å². The number of pyridine rings is 1. The monoisotopic (exact) mass is 383 g/mol. The highest BCUT2D eigenvalue weighted by molar-refractivity contribution is 7.10. The van der Waals surface area contributed by atoms with Crippen molar-refractivity contribution in [2.75, 3.05) is 13.1 Å². The third-order valence-corrected chi connectivity index (χ3v) is 7.19. The van der Waals surface area contributed by atoms with Crippen molar-refractivity contribution >= 4 is 17.2 Å². The lowest BCUT2D eigenvalue weighted by atomic mass is 10.0. The molecule has 0 unspecified atom stereocenters. The number of hydrogen-bond acceptors (Lipinski definition) is 4. The molecule has 0 bridgehead atoms. The van der Waals surface area contributed by atoms with Gasteiger partial charge >= 0.3 is 0 Å². The van der Waals surface area contributed by atoms with Crippen LogP contribution < -0.4 is 5.32 Å². The summed E-state index contributed by atoms with van der Waals surface area (Å²) in [5.41, 5.74) is 4.97. The first-order chi connectivity index (χ1) is 13.0. The molecule has 27 heavy (non-hydrogen) atoms. The van der Waals surface area contributed by atoms with Crippen LogP contribution in [0.1, 0.15) is 59.2 Å². The van der Waals surface area contributed by atoms with Crippen molar-refractivity contribution in [1.82, 2.24) is 15.2 Å². The minimum Gasteiger partial charge on any atom is -0.352 e. The van der Waals surface area contributed by atoms with E-state index in [-0.39, 0.29) is 5.91 Å². The summed E-state index contributed by atoms with van der Waals surface area (Å²) < 4.78 is 0. The van der Waals surface area contributed by atoms with Gasteiger partial charge in [-0.3, -0.25) is 14.7 Å². The van der Waals surface area contributed by atoms with Crippen LogP contribution in [-0.4, -0.2) is 28.9 Å². The zero-order valence-electron chi connectivity index (χ0n) is 16.5. The Kier molecular flexibility index (Phi) is 5.08. The Labute approximate surface area is 166 Å². The molecule has 4 nitrogen and oxygen atoms in total. The summed E-state index contributed by atoms with van der Waals surface area (Å²) in [4.78, 5) is 21.0. The lowest BCUT2D eigenvalue weighted by molar-refractivity contribution is 0.0949. The summed E-state index contributed by atoms with van der Waals surface area (Å²) >= 11 is 1.73. The molecule has 1 aliphatic carbocycles. The summed E-state index contributed by atoms with van der Waals surface area (Å²) in [5, 5.41) is 5.21. The maximum Gasteiger partial charge on any atom is 0.252 e. The number of nitrogens with zero attached hydrogens (tertiary/aromatic N) is 2. The van der Waals surface area contributed by atoms with Crippen LogP contribution in [0, 0.1) is 11.3 Å². The number of rotatable bonds is 6. The molecule has 3 heterocycles. The van der Waals surface area contributed by atoms with Crippen molar-refractivity contribution in [1.29, 1.82) is 0 Å². The Bertz CT molecular complexity index is 825. The first kappa shape index (κ1) is 18.6. The number of nitrogens with one attached hydrogen (secondary N) is 1. The Morgan fingerprint density at radius 3 is 2.89 bits per heavy atom. The molecule has 1 atom stereocenters. The van der Waals surface area contributed by atoms with Gasteiger partial charge in [0.25, 0.3) is 5.91 Å². The molecule has 1 amide bonds. The molecule has 0 radical (unpaired) electrons. The Morgan fingerprint density at radius 1 is 1.41 bits per heavy atom. The number of aryl methyl sites for hydroxylation is 1. The van der Waals surface area contributed by atoms with E-state index < -0.39 is 0 Å². The second-order valence-corrected chi connectivity index (χ2v) is 9.59. The number of aromatic nitrogens is 1. The number of thiophene rings is 1. The lowest BCUT2D eigenvalue weighted by Crippen LogP contribution is -2.32. The lowest BCUT2D eigenvalue weighted by Gasteiger charge is -2.27. The first-order valence-corrected chi connectivity index (χ1v) is 10.9. The number of carbonyl (C=O) groups is 1. The minimum atomic E-state index is 0.112. The van der Waals surface area contributed by atoms with Gasteiger partial charge in [0, 0.05) is 42.6 Å². The van der Waals surface area contributed by atoms with Gasteiger partial charge in [-0.25, -0.2) is 0 Å². The van der Waals surface area contributed by atoms with Gasteiger partial charge in [0.2, 0.25) is 0 Å². The van der Waals surface area contributed by atoms with Crippen LogP contribution in [0.15, 0.2) is 23.7 Å². The van der Waals surface area contributed by atoms with E-state index in [9.17, 15) is 4.79 Å². The van der Waals surface area contributed by atoms with E-state index in [1.165, 1.54) is 22.4 Å². The van der Waals surface area contributed by atoms with E-state index in [2.05, 4.69) is 53.5 Å². The average Bonchev–Trinajstić information content (AvgIpc) is 3.08. The fourth-order valence-electron chi connectivity index (χ4n) is 3.93. The van der Waals surface area contributed by atoms with Crippen LogP contribution >= 0.6 is 11.3 Å². The molecule has 1 N–H and O–H groups in total. The van der Waals surface area contributed by atoms with Gasteiger partial charge in [-0.2, -0.15) is 0 Å². The number of amides is 1. The minimum absolute atomic E-state index is 0.112. The van der Waals surface area contributed by atoms with Gasteiger partial charge in [-0.15, -0.1) is 11.3 Å². The molecule has 1 saturated carbocycles. The van der Waals surface area contributed by atoms with Crippen LogP contribution in [0.4, 0.5) is 0 Å². The molecule has 0 spiro atoms. The molecular formula is C22H29N3OS. The van der Waals surface area contributed by atoms with E-state index in [4.69, 9.17) is 0 Å². The Hall–Kier alpha value is -1.72. The van der Waals surface area contributed by atoms with Gasteiger partial charge in [-0.1, -0.05) is 26.8 Å². The molecule has 5 heteroatoms. The number of hydrogen-bond donors (Lipinski definition) is 1. The predicted octanol–water partition coefficient (Wildman–Crippen LogP) is 4.04. The zero-order chi connectivity index (χ0) is 19.0. The van der Waals surface area contributed by atoms with Crippen molar-refractivity contribution < 1.29 is 4.79 Å². The van der Waals surface area contributed by atoms with Gasteiger partial charge in [0.05, 0.1) is 11.3 Å². The Balaban J connectivity index is 1.35. The van der Waals surface area contributed by atoms with Crippen molar-refractivity contribution in [2.24, 2.45) is 11.3 Å². The first-order valence-electron chi connectivity index (χ1n) is 10.00. The highest BCUT2D eigenvalue weighted by Crippen LogP contribution is 2.51. The van der Waals surface area contributed by atoms with E-state index in [1.54, 1.807) is 11.3 Å². The molecule has 144 valence electrons. The van der Waals surface area contributed by atoms with Gasteiger partial charge in [-0.05, 0) is 47.8 Å². The maximum atomic E-state index is 12.6. The van der Waals surface area contributed by atoms with Gasteiger partial charge < -0.3 is 5.32 Å². The summed E-state index contributed by atoms with van der Waals surface area (Å²) in [6.07, 6.45) is 5.18. The standard InChI is InChI=1S/C22H29N3OS/c1-4-15-5-6-17(23-10-15)12-25-8-7-18-19(14-27-20(18)13-25)21(26)24-11-16-9-22(16,2)3/h5-6,10,14,16H,4,7-9,11-13H2,1-3H3,(H,24,26)/t16-/m1/s1. The van der Waals surface area contributed by atoms with Crippen LogP contribution in [0.5, 0.6) is 0 Å². The summed E-state index contributed by atoms with van der Waals surface area (Å²) in [6.45, 7) is 10.3. The molecule has 2 aliphatic rings. The van der Waals surface area contributed by atoms with Crippen molar-refractivity contribution in [3.63, 3.8) is 0 Å². The fourth-order valence-corrected chi connectivity index (χ4v) is 5.05. The third-order valence-electron chi connectivity index (χ3n) is 6.18. The molecule has 2 aromatic rings. The van der Waals surface area contributed by atoms with Crippen LogP contribution in [0.2, 0.25) is 0 Å². The molecule has 1 aliphatic heterocycles. The van der Waals surface area contributed by atoms with Crippen LogP contribution in [0.3, 0.4) is 0 Å². The average molecular weight is 384 g/mol. The zero-order valence-corrected chi connectivity index (χ0v) is 17.4. The van der Waals surface area contributed by atoms with Gasteiger partial charge in [0.15, 0.2) is 0 Å². The summed E-state index contributed by atoms with van der Waals surface area (Å²) in [6, 6.07) is 4.31. The molecule has 2 aromatic heterocycles. The normalized spacial score (nSPS) is 20.9. The van der Waals surface area contributed by atoms with Crippen LogP contribution in [-0.2, 0) is 25.9 Å². The van der Waals surface area contributed by atoms with Crippen LogP contribution in [0.25, 0.3) is 0 Å². The van der Waals surface area contributed by atoms with E-state index >= 15 is 0 Å². The quantitative estimate of drug-likeness (QED) is 0.819. The summed E-state index contributed by atoms with van der Waals surface area (Å²) in [5.74, 6) is 0.749. The smallest absolute Gasteiger partial charge is 0.252 e. The van der Waals surface area contributed by atoms with E-state index in [0.717, 1.165) is 50.3 Å². The molecule has 1 fully saturated rings. The predicted molar refractivity (Wildman–Crippen MR) is 110 cm³/mol. The molecular weight excluding hydrogens is 354 g/mol. The number of carbonyl (C=O) groups excluding carboxylic acids is 1. The van der Waals surface area contributed by atoms with Crippen molar-refractivity contribution in [3.8, 4) is 0 Å². The van der Waals surface area contributed by atoms with Gasteiger partial charge in [0.1, 0.15) is 0 Å². The highest BCUT2D eigenvalue weighted by atomic mass is 32.1. The van der Waals surface area contributed by atoms with E-state index in [1.807, 2.05) is 6.20 Å².